The van der Waals surface area contributed by atoms with Crippen molar-refractivity contribution in [3.05, 3.63) is 47.6 Å². The Morgan fingerprint density at radius 1 is 1.22 bits per heavy atom. The molecule has 0 aromatic heterocycles. The van der Waals surface area contributed by atoms with Gasteiger partial charge in [-0.3, -0.25) is 0 Å². The highest BCUT2D eigenvalue weighted by molar-refractivity contribution is 6.32. The first-order valence-corrected chi connectivity index (χ1v) is 7.17. The number of halogens is 1. The van der Waals surface area contributed by atoms with Crippen LogP contribution in [0.3, 0.4) is 0 Å². The molecule has 0 atom stereocenters. The van der Waals surface area contributed by atoms with Gasteiger partial charge in [-0.25, -0.2) is 0 Å². The van der Waals surface area contributed by atoms with E-state index in [1.54, 1.807) is 6.08 Å². The van der Waals surface area contributed by atoms with E-state index in [2.05, 4.69) is 18.5 Å². The lowest BCUT2D eigenvalue weighted by Crippen LogP contribution is -2.39. The second-order valence-corrected chi connectivity index (χ2v) is 5.65. The first kappa shape index (κ1) is 13.6. The van der Waals surface area contributed by atoms with Crippen molar-refractivity contribution in [2.45, 2.75) is 32.1 Å². The molecule has 98 valence electrons. The molecular formula is C16H22ClN. The Hall–Kier alpha value is -0.790. The molecule has 2 aliphatic rings. The fourth-order valence-electron chi connectivity index (χ4n) is 3.41. The molecular weight excluding hydrogens is 242 g/mol. The summed E-state index contributed by atoms with van der Waals surface area (Å²) >= 11 is 6.52. The minimum Gasteiger partial charge on any atom is -0.317 e. The first-order valence-electron chi connectivity index (χ1n) is 6.79. The molecule has 0 aromatic carbocycles. The fourth-order valence-corrected chi connectivity index (χ4v) is 3.82. The Morgan fingerprint density at radius 2 is 1.94 bits per heavy atom. The lowest BCUT2D eigenvalue weighted by molar-refractivity contribution is 0.222. The molecule has 1 heterocycles. The molecule has 1 N–H and O–H groups in total. The number of nitrogens with one attached hydrogen (secondary N) is 1. The Balaban J connectivity index is 2.47. The van der Waals surface area contributed by atoms with E-state index < -0.39 is 0 Å². The average molecular weight is 264 g/mol. The molecule has 1 nitrogen and oxygen atoms in total. The van der Waals surface area contributed by atoms with Crippen LogP contribution in [0.2, 0.25) is 0 Å². The van der Waals surface area contributed by atoms with E-state index in [0.29, 0.717) is 0 Å². The SMILES string of the molecule is C=C/C=C(/Cl)C1=C(C=C)CCCC12CCNCC2. The van der Waals surface area contributed by atoms with Crippen LogP contribution >= 0.6 is 11.6 Å². The van der Waals surface area contributed by atoms with Crippen molar-refractivity contribution in [1.29, 1.82) is 0 Å². The number of rotatable bonds is 3. The molecule has 1 aliphatic heterocycles. The molecule has 1 spiro atoms. The Bertz CT molecular complexity index is 397. The predicted octanol–water partition coefficient (Wildman–Crippen LogP) is 4.33. The maximum atomic E-state index is 6.52. The number of piperidine rings is 1. The quantitative estimate of drug-likeness (QED) is 0.748. The summed E-state index contributed by atoms with van der Waals surface area (Å²) in [5, 5.41) is 4.31. The number of allylic oxidation sites excluding steroid dienone is 6. The molecule has 0 aromatic rings. The summed E-state index contributed by atoms with van der Waals surface area (Å²) in [5.41, 5.74) is 2.95. The molecule has 0 saturated carbocycles. The zero-order chi connectivity index (χ0) is 13.0. The lowest BCUT2D eigenvalue weighted by Gasteiger charge is -2.43. The molecule has 18 heavy (non-hydrogen) atoms. The normalized spacial score (nSPS) is 24.2. The van der Waals surface area contributed by atoms with Crippen LogP contribution in [0.4, 0.5) is 0 Å². The topological polar surface area (TPSA) is 12.0 Å². The van der Waals surface area contributed by atoms with E-state index >= 15 is 0 Å². The van der Waals surface area contributed by atoms with E-state index in [-0.39, 0.29) is 5.41 Å². The van der Waals surface area contributed by atoms with Gasteiger partial charge >= 0.3 is 0 Å². The monoisotopic (exact) mass is 263 g/mol. The highest BCUT2D eigenvalue weighted by Crippen LogP contribution is 2.50. The second kappa shape index (κ2) is 5.90. The largest absolute Gasteiger partial charge is 0.317 e. The van der Waals surface area contributed by atoms with Gasteiger partial charge < -0.3 is 5.32 Å². The van der Waals surface area contributed by atoms with Gasteiger partial charge in [-0.05, 0) is 67.8 Å². The summed E-state index contributed by atoms with van der Waals surface area (Å²) in [6, 6.07) is 0. The number of hydrogen-bond acceptors (Lipinski definition) is 1. The summed E-state index contributed by atoms with van der Waals surface area (Å²) in [5.74, 6) is 0. The standard InChI is InChI=1S/C16H22ClN/c1-3-6-14(17)15-13(4-2)7-5-8-16(15)9-11-18-12-10-16/h3-4,6,18H,1-2,5,7-12H2/b14-6+. The predicted molar refractivity (Wildman–Crippen MR) is 79.7 cm³/mol. The van der Waals surface area contributed by atoms with Gasteiger partial charge in [-0.2, -0.15) is 0 Å². The summed E-state index contributed by atoms with van der Waals surface area (Å²) in [6.07, 6.45) is 11.7. The zero-order valence-corrected chi connectivity index (χ0v) is 11.7. The van der Waals surface area contributed by atoms with Crippen LogP contribution in [0.5, 0.6) is 0 Å². The molecule has 1 aliphatic carbocycles. The molecule has 0 unspecified atom stereocenters. The van der Waals surface area contributed by atoms with Crippen molar-refractivity contribution >= 4 is 11.6 Å². The van der Waals surface area contributed by atoms with Gasteiger partial charge in [0.2, 0.25) is 0 Å². The molecule has 0 amide bonds. The van der Waals surface area contributed by atoms with Crippen LogP contribution in [0.1, 0.15) is 32.1 Å². The van der Waals surface area contributed by atoms with Crippen molar-refractivity contribution in [2.24, 2.45) is 5.41 Å². The van der Waals surface area contributed by atoms with Crippen molar-refractivity contribution in [1.82, 2.24) is 5.32 Å². The lowest BCUT2D eigenvalue weighted by atomic mass is 9.64. The van der Waals surface area contributed by atoms with Crippen molar-refractivity contribution < 1.29 is 0 Å². The highest BCUT2D eigenvalue weighted by Gasteiger charge is 2.39. The summed E-state index contributed by atoms with van der Waals surface area (Å²) in [7, 11) is 0. The van der Waals surface area contributed by atoms with Gasteiger partial charge in [0.05, 0.1) is 0 Å². The van der Waals surface area contributed by atoms with Crippen LogP contribution in [0.15, 0.2) is 47.6 Å². The summed E-state index contributed by atoms with van der Waals surface area (Å²) in [4.78, 5) is 0. The third kappa shape index (κ3) is 2.48. The molecule has 2 rings (SSSR count). The van der Waals surface area contributed by atoms with Crippen LogP contribution in [0, 0.1) is 5.41 Å². The third-order valence-corrected chi connectivity index (χ3v) is 4.58. The summed E-state index contributed by atoms with van der Waals surface area (Å²) < 4.78 is 0. The van der Waals surface area contributed by atoms with Crippen LogP contribution in [0.25, 0.3) is 0 Å². The summed E-state index contributed by atoms with van der Waals surface area (Å²) in [6.45, 7) is 9.91. The Labute approximate surface area is 115 Å². The molecule has 1 fully saturated rings. The number of hydrogen-bond donors (Lipinski definition) is 1. The van der Waals surface area contributed by atoms with Crippen LogP contribution in [-0.2, 0) is 0 Å². The van der Waals surface area contributed by atoms with Gasteiger partial charge in [-0.15, -0.1) is 0 Å². The molecule has 1 saturated heterocycles. The molecule has 0 bridgehead atoms. The molecule has 2 heteroatoms. The van der Waals surface area contributed by atoms with Gasteiger partial charge in [0, 0.05) is 5.03 Å². The van der Waals surface area contributed by atoms with Gasteiger partial charge in [0.15, 0.2) is 0 Å². The van der Waals surface area contributed by atoms with Crippen LogP contribution < -0.4 is 5.32 Å². The van der Waals surface area contributed by atoms with Gasteiger partial charge in [0.1, 0.15) is 0 Å². The van der Waals surface area contributed by atoms with Crippen molar-refractivity contribution in [2.75, 3.05) is 13.1 Å². The maximum absolute atomic E-state index is 6.52. The first-order chi connectivity index (χ1) is 8.73. The fraction of sp³-hybridized carbons (Fsp3) is 0.500. The second-order valence-electron chi connectivity index (χ2n) is 5.24. The van der Waals surface area contributed by atoms with Gasteiger partial charge in [0.25, 0.3) is 0 Å². The van der Waals surface area contributed by atoms with E-state index in [1.807, 2.05) is 12.2 Å². The zero-order valence-electron chi connectivity index (χ0n) is 11.0. The maximum Gasteiger partial charge on any atom is 0.0446 e. The third-order valence-electron chi connectivity index (χ3n) is 4.26. The minimum absolute atomic E-state index is 0.267. The van der Waals surface area contributed by atoms with Crippen LogP contribution in [-0.4, -0.2) is 13.1 Å². The van der Waals surface area contributed by atoms with E-state index in [1.165, 1.54) is 36.8 Å². The van der Waals surface area contributed by atoms with Crippen molar-refractivity contribution in [3.8, 4) is 0 Å². The van der Waals surface area contributed by atoms with E-state index in [9.17, 15) is 0 Å². The minimum atomic E-state index is 0.267. The van der Waals surface area contributed by atoms with Gasteiger partial charge in [-0.1, -0.05) is 36.9 Å². The van der Waals surface area contributed by atoms with E-state index in [0.717, 1.165) is 24.5 Å². The smallest absolute Gasteiger partial charge is 0.0446 e. The van der Waals surface area contributed by atoms with Crippen molar-refractivity contribution in [3.63, 3.8) is 0 Å². The molecule has 0 radical (unpaired) electrons. The Morgan fingerprint density at radius 3 is 2.56 bits per heavy atom. The van der Waals surface area contributed by atoms with E-state index in [4.69, 9.17) is 11.6 Å². The Kier molecular flexibility index (Phi) is 4.47. The highest BCUT2D eigenvalue weighted by atomic mass is 35.5. The average Bonchev–Trinajstić information content (AvgIpc) is 2.39.